The first-order valence-corrected chi connectivity index (χ1v) is 4.02. The quantitative estimate of drug-likeness (QED) is 0.752. The van der Waals surface area contributed by atoms with Gasteiger partial charge in [0.25, 0.3) is 0 Å². The highest BCUT2D eigenvalue weighted by molar-refractivity contribution is 5.34. The van der Waals surface area contributed by atoms with Gasteiger partial charge in [0.2, 0.25) is 0 Å². The second-order valence-electron chi connectivity index (χ2n) is 2.80. The molecule has 0 radical (unpaired) electrons. The zero-order chi connectivity index (χ0) is 9.68. The first kappa shape index (κ1) is 9.72. The normalized spacial score (nSPS) is 12.1. The maximum atomic E-state index is 8.65. The van der Waals surface area contributed by atoms with E-state index >= 15 is 0 Å². The molecule has 1 rings (SSSR count). The smallest absolute Gasteiger partial charge is 0.0991 e. The van der Waals surface area contributed by atoms with Crippen molar-refractivity contribution in [1.29, 1.82) is 5.26 Å². The Bertz CT molecular complexity index is 317. The molecule has 0 unspecified atom stereocenters. The summed E-state index contributed by atoms with van der Waals surface area (Å²) < 4.78 is 4.92. The molecule has 0 aliphatic carbocycles. The highest BCUT2D eigenvalue weighted by atomic mass is 16.5. The lowest BCUT2D eigenvalue weighted by molar-refractivity contribution is 0.181. The van der Waals surface area contributed by atoms with Crippen LogP contribution in [0.4, 0.5) is 0 Å². The lowest BCUT2D eigenvalue weighted by Gasteiger charge is -2.10. The van der Waals surface area contributed by atoms with Gasteiger partial charge in [0.15, 0.2) is 0 Å². The predicted octanol–water partition coefficient (Wildman–Crippen LogP) is 1.20. The van der Waals surface area contributed by atoms with Gasteiger partial charge in [0.1, 0.15) is 0 Å². The molecule has 0 aliphatic heterocycles. The summed E-state index contributed by atoms with van der Waals surface area (Å²) in [6.45, 7) is 0.467. The molecular weight excluding hydrogens is 164 g/mol. The highest BCUT2D eigenvalue weighted by Gasteiger charge is 2.05. The first-order valence-electron chi connectivity index (χ1n) is 4.02. The van der Waals surface area contributed by atoms with Crippen LogP contribution in [0.2, 0.25) is 0 Å². The molecule has 3 nitrogen and oxygen atoms in total. The number of benzene rings is 1. The van der Waals surface area contributed by atoms with E-state index in [1.165, 1.54) is 0 Å². The molecule has 0 heterocycles. The van der Waals surface area contributed by atoms with Gasteiger partial charge in [-0.3, -0.25) is 0 Å². The molecule has 0 amide bonds. The summed E-state index contributed by atoms with van der Waals surface area (Å²) in [4.78, 5) is 0. The van der Waals surface area contributed by atoms with Gasteiger partial charge in [-0.25, -0.2) is 0 Å². The van der Waals surface area contributed by atoms with Crippen molar-refractivity contribution in [3.63, 3.8) is 0 Å². The van der Waals surface area contributed by atoms with E-state index in [1.54, 1.807) is 19.2 Å². The predicted molar refractivity (Wildman–Crippen MR) is 50.0 cm³/mol. The second-order valence-corrected chi connectivity index (χ2v) is 2.80. The van der Waals surface area contributed by atoms with E-state index < -0.39 is 0 Å². The lowest BCUT2D eigenvalue weighted by Crippen LogP contribution is -2.15. The number of rotatable bonds is 3. The third-order valence-electron chi connectivity index (χ3n) is 1.79. The molecule has 0 spiro atoms. The number of hydrogen-bond donors (Lipinski definition) is 1. The number of nitrogens with two attached hydrogens (primary N) is 1. The first-order chi connectivity index (χ1) is 6.27. The maximum absolute atomic E-state index is 8.65. The number of nitrogens with zero attached hydrogens (tertiary/aromatic N) is 1. The number of ether oxygens (including phenoxy) is 1. The molecule has 3 heteroatoms. The largest absolute Gasteiger partial charge is 0.383 e. The van der Waals surface area contributed by atoms with Crippen LogP contribution < -0.4 is 5.73 Å². The van der Waals surface area contributed by atoms with Gasteiger partial charge in [-0.05, 0) is 17.7 Å². The number of nitriles is 1. The molecule has 0 saturated heterocycles. The van der Waals surface area contributed by atoms with Crippen molar-refractivity contribution in [2.75, 3.05) is 13.7 Å². The third-order valence-corrected chi connectivity index (χ3v) is 1.79. The summed E-state index contributed by atoms with van der Waals surface area (Å²) in [6, 6.07) is 9.16. The molecule has 2 N–H and O–H groups in total. The van der Waals surface area contributed by atoms with Crippen LogP contribution in [-0.4, -0.2) is 13.7 Å². The van der Waals surface area contributed by atoms with Gasteiger partial charge in [-0.15, -0.1) is 0 Å². The van der Waals surface area contributed by atoms with E-state index in [1.807, 2.05) is 12.1 Å². The van der Waals surface area contributed by atoms with Gasteiger partial charge in [-0.1, -0.05) is 12.1 Å². The van der Waals surface area contributed by atoms with Crippen molar-refractivity contribution >= 4 is 0 Å². The van der Waals surface area contributed by atoms with Crippen molar-refractivity contribution in [2.24, 2.45) is 5.73 Å². The zero-order valence-electron chi connectivity index (χ0n) is 7.53. The maximum Gasteiger partial charge on any atom is 0.0991 e. The molecule has 0 saturated carbocycles. The summed E-state index contributed by atoms with van der Waals surface area (Å²) >= 11 is 0. The molecular formula is C10H12N2O. The van der Waals surface area contributed by atoms with Crippen LogP contribution in [0, 0.1) is 11.3 Å². The molecule has 0 bridgehead atoms. The average Bonchev–Trinajstić information content (AvgIpc) is 2.18. The fourth-order valence-corrected chi connectivity index (χ4v) is 1.11. The molecule has 0 aromatic heterocycles. The van der Waals surface area contributed by atoms with Crippen LogP contribution in [0.1, 0.15) is 17.2 Å². The van der Waals surface area contributed by atoms with Crippen molar-refractivity contribution in [1.82, 2.24) is 0 Å². The van der Waals surface area contributed by atoms with Crippen LogP contribution in [0.15, 0.2) is 24.3 Å². The molecule has 1 aromatic rings. The summed E-state index contributed by atoms with van der Waals surface area (Å²) in [7, 11) is 1.61. The van der Waals surface area contributed by atoms with Crippen LogP contribution in [0.5, 0.6) is 0 Å². The van der Waals surface area contributed by atoms with E-state index in [9.17, 15) is 0 Å². The van der Waals surface area contributed by atoms with Gasteiger partial charge in [0.05, 0.1) is 24.3 Å². The number of methoxy groups -OCH3 is 1. The summed E-state index contributed by atoms with van der Waals surface area (Å²) in [5.74, 6) is 0. The second kappa shape index (κ2) is 4.61. The van der Waals surface area contributed by atoms with Gasteiger partial charge >= 0.3 is 0 Å². The molecule has 0 fully saturated rings. The summed E-state index contributed by atoms with van der Waals surface area (Å²) in [5, 5.41) is 8.65. The average molecular weight is 176 g/mol. The fraction of sp³-hybridized carbons (Fsp3) is 0.300. The Balaban J connectivity index is 2.83. The zero-order valence-corrected chi connectivity index (χ0v) is 7.53. The third kappa shape index (κ3) is 2.55. The Morgan fingerprint density at radius 1 is 1.62 bits per heavy atom. The van der Waals surface area contributed by atoms with E-state index in [0.29, 0.717) is 12.2 Å². The van der Waals surface area contributed by atoms with E-state index in [2.05, 4.69) is 6.07 Å². The molecule has 68 valence electrons. The Labute approximate surface area is 77.7 Å². The molecule has 13 heavy (non-hydrogen) atoms. The van der Waals surface area contributed by atoms with Crippen molar-refractivity contribution in [3.05, 3.63) is 35.4 Å². The van der Waals surface area contributed by atoms with Crippen LogP contribution in [0.3, 0.4) is 0 Å². The Morgan fingerprint density at radius 3 is 3.00 bits per heavy atom. The Hall–Kier alpha value is -1.37. The SMILES string of the molecule is COC[C@@H](N)c1cccc(C#N)c1. The van der Waals surface area contributed by atoms with E-state index in [0.717, 1.165) is 5.56 Å². The van der Waals surface area contributed by atoms with Crippen molar-refractivity contribution < 1.29 is 4.74 Å². The summed E-state index contributed by atoms with van der Waals surface area (Å²) in [6.07, 6.45) is 0. The topological polar surface area (TPSA) is 59.0 Å². The van der Waals surface area contributed by atoms with E-state index in [4.69, 9.17) is 15.7 Å². The van der Waals surface area contributed by atoms with Gasteiger partial charge < -0.3 is 10.5 Å². The lowest BCUT2D eigenvalue weighted by atomic mass is 10.1. The Kier molecular flexibility index (Phi) is 3.44. The standard InChI is InChI=1S/C10H12N2O/c1-13-7-10(12)9-4-2-3-8(5-9)6-11/h2-5,10H,7,12H2,1H3/t10-/m1/s1. The molecule has 1 aromatic carbocycles. The molecule has 1 atom stereocenters. The fourth-order valence-electron chi connectivity index (χ4n) is 1.11. The van der Waals surface area contributed by atoms with E-state index in [-0.39, 0.29) is 6.04 Å². The molecule has 0 aliphatic rings. The number of hydrogen-bond acceptors (Lipinski definition) is 3. The van der Waals surface area contributed by atoms with Crippen molar-refractivity contribution in [2.45, 2.75) is 6.04 Å². The minimum atomic E-state index is -0.154. The van der Waals surface area contributed by atoms with Crippen LogP contribution in [-0.2, 0) is 4.74 Å². The summed E-state index contributed by atoms with van der Waals surface area (Å²) in [5.41, 5.74) is 7.35. The Morgan fingerprint density at radius 2 is 2.38 bits per heavy atom. The van der Waals surface area contributed by atoms with Crippen molar-refractivity contribution in [3.8, 4) is 6.07 Å². The van der Waals surface area contributed by atoms with Gasteiger partial charge in [0, 0.05) is 7.11 Å². The van der Waals surface area contributed by atoms with Crippen LogP contribution >= 0.6 is 0 Å². The monoisotopic (exact) mass is 176 g/mol. The minimum absolute atomic E-state index is 0.154. The minimum Gasteiger partial charge on any atom is -0.383 e. The van der Waals surface area contributed by atoms with Crippen LogP contribution in [0.25, 0.3) is 0 Å². The highest BCUT2D eigenvalue weighted by Crippen LogP contribution is 2.11. The van der Waals surface area contributed by atoms with Gasteiger partial charge in [-0.2, -0.15) is 5.26 Å².